The molecule has 0 amide bonds. The molecule has 0 spiro atoms. The molecule has 0 radical (unpaired) electrons. The molecular formula is C21H30Si. The minimum Gasteiger partial charge on any atom is -0.0804 e. The van der Waals surface area contributed by atoms with E-state index in [2.05, 4.69) is 59.0 Å². The first-order chi connectivity index (χ1) is 10.4. The maximum atomic E-state index is 2.50. The van der Waals surface area contributed by atoms with Crippen molar-refractivity contribution in [2.75, 3.05) is 0 Å². The molecule has 0 fully saturated rings. The molecule has 0 saturated heterocycles. The van der Waals surface area contributed by atoms with Gasteiger partial charge in [-0.1, -0.05) is 67.1 Å². The maximum Gasteiger partial charge on any atom is 0.0232 e. The lowest BCUT2D eigenvalue weighted by Gasteiger charge is -2.32. The van der Waals surface area contributed by atoms with Gasteiger partial charge in [-0.15, -0.1) is 0 Å². The molecule has 1 unspecified atom stereocenters. The Bertz CT molecular complexity index is 658. The molecule has 3 aliphatic rings. The van der Waals surface area contributed by atoms with Crippen molar-refractivity contribution in [2.45, 2.75) is 66.5 Å². The Morgan fingerprint density at radius 2 is 1.86 bits per heavy atom. The predicted molar refractivity (Wildman–Crippen MR) is 101 cm³/mol. The number of allylic oxidation sites excluding steroid dienone is 8. The van der Waals surface area contributed by atoms with Crippen molar-refractivity contribution in [1.29, 1.82) is 0 Å². The third kappa shape index (κ3) is 2.29. The van der Waals surface area contributed by atoms with Crippen LogP contribution < -0.4 is 0 Å². The highest BCUT2D eigenvalue weighted by Gasteiger charge is 2.41. The van der Waals surface area contributed by atoms with E-state index in [1.54, 1.807) is 27.9 Å². The van der Waals surface area contributed by atoms with Gasteiger partial charge >= 0.3 is 0 Å². The van der Waals surface area contributed by atoms with Crippen LogP contribution in [0.2, 0.25) is 13.1 Å². The van der Waals surface area contributed by atoms with Crippen LogP contribution in [0.4, 0.5) is 0 Å². The summed E-state index contributed by atoms with van der Waals surface area (Å²) in [6, 6.07) is 0. The van der Waals surface area contributed by atoms with Crippen molar-refractivity contribution >= 4 is 13.6 Å². The topological polar surface area (TPSA) is 0 Å². The second-order valence-electron chi connectivity index (χ2n) is 7.97. The van der Waals surface area contributed by atoms with E-state index >= 15 is 0 Å². The van der Waals surface area contributed by atoms with Gasteiger partial charge in [-0.05, 0) is 50.7 Å². The molecule has 0 saturated carbocycles. The third-order valence-electron chi connectivity index (χ3n) is 6.10. The van der Waals surface area contributed by atoms with E-state index < -0.39 is 0 Å². The van der Waals surface area contributed by atoms with Crippen molar-refractivity contribution in [1.82, 2.24) is 0 Å². The van der Waals surface area contributed by atoms with E-state index in [-0.39, 0.29) is 13.8 Å². The molecule has 1 heteroatoms. The summed E-state index contributed by atoms with van der Waals surface area (Å²) in [5.41, 5.74) is 8.58. The summed E-state index contributed by atoms with van der Waals surface area (Å²) >= 11 is 0. The van der Waals surface area contributed by atoms with Gasteiger partial charge in [0.15, 0.2) is 0 Å². The summed E-state index contributed by atoms with van der Waals surface area (Å²) in [6.45, 7) is 14.7. The zero-order chi connectivity index (χ0) is 16.1. The zero-order valence-corrected chi connectivity index (χ0v) is 16.1. The standard InChI is InChI=1S/C21H30Si/c1-14-15(2)20-17(19(14)16-10-7-8-11-16)12-9-13-18(22(5)6)21(20,3)4/h7-8,10,19H,9,11-13H2,1-6H3. The zero-order valence-electron chi connectivity index (χ0n) is 15.1. The average molecular weight is 311 g/mol. The van der Waals surface area contributed by atoms with Gasteiger partial charge in [0.2, 0.25) is 0 Å². The second-order valence-corrected chi connectivity index (χ2v) is 10.6. The monoisotopic (exact) mass is 310 g/mol. The van der Waals surface area contributed by atoms with Gasteiger partial charge in [0.25, 0.3) is 0 Å². The minimum atomic E-state index is -0.346. The molecule has 0 nitrogen and oxygen atoms in total. The molecule has 1 atom stereocenters. The molecule has 0 aromatic rings. The first-order valence-corrected chi connectivity index (χ1v) is 11.3. The van der Waals surface area contributed by atoms with Crippen LogP contribution >= 0.6 is 0 Å². The van der Waals surface area contributed by atoms with E-state index in [0.717, 1.165) is 6.42 Å². The summed E-state index contributed by atoms with van der Waals surface area (Å²) in [4.78, 5) is 0. The van der Waals surface area contributed by atoms with Crippen molar-refractivity contribution in [3.63, 3.8) is 0 Å². The molecule has 0 aromatic carbocycles. The summed E-state index contributed by atoms with van der Waals surface area (Å²) in [7, 11) is -0.346. The van der Waals surface area contributed by atoms with Crippen LogP contribution in [-0.2, 0) is 0 Å². The van der Waals surface area contributed by atoms with Crippen molar-refractivity contribution in [3.05, 3.63) is 46.1 Å². The highest BCUT2D eigenvalue weighted by molar-refractivity contribution is 6.70. The lowest BCUT2D eigenvalue weighted by atomic mass is 9.77. The van der Waals surface area contributed by atoms with Gasteiger partial charge in [0, 0.05) is 19.7 Å². The Hall–Kier alpha value is -0.953. The molecule has 118 valence electrons. The van der Waals surface area contributed by atoms with Gasteiger partial charge in [-0.2, -0.15) is 0 Å². The second kappa shape index (κ2) is 5.60. The van der Waals surface area contributed by atoms with Gasteiger partial charge in [0.1, 0.15) is 0 Å². The smallest absolute Gasteiger partial charge is 0.0232 e. The van der Waals surface area contributed by atoms with E-state index in [1.807, 2.05) is 5.17 Å². The Morgan fingerprint density at radius 1 is 1.14 bits per heavy atom. The van der Waals surface area contributed by atoms with Gasteiger partial charge in [-0.25, -0.2) is 0 Å². The van der Waals surface area contributed by atoms with Crippen LogP contribution in [0.3, 0.4) is 0 Å². The predicted octanol–water partition coefficient (Wildman–Crippen LogP) is 5.85. The molecule has 0 N–H and O–H groups in total. The normalized spacial score (nSPS) is 27.3. The molecule has 0 heterocycles. The Morgan fingerprint density at radius 3 is 2.45 bits per heavy atom. The molecule has 22 heavy (non-hydrogen) atoms. The lowest BCUT2D eigenvalue weighted by molar-refractivity contribution is 0.630. The average Bonchev–Trinajstić information content (AvgIpc) is 2.99. The summed E-state index contributed by atoms with van der Waals surface area (Å²) in [5.74, 6) is 0.605. The van der Waals surface area contributed by atoms with Crippen molar-refractivity contribution in [2.24, 2.45) is 11.3 Å². The SMILES string of the molecule is CC1=C(C)C(C2=CC=CC2)C2=C1C(C)(C)C(=[Si](C)C)CCC2. The van der Waals surface area contributed by atoms with E-state index in [4.69, 9.17) is 0 Å². The third-order valence-corrected chi connectivity index (χ3v) is 8.18. The van der Waals surface area contributed by atoms with Gasteiger partial charge in [0.05, 0.1) is 0 Å². The van der Waals surface area contributed by atoms with Crippen LogP contribution in [0, 0.1) is 11.3 Å². The van der Waals surface area contributed by atoms with Crippen LogP contribution in [0.5, 0.6) is 0 Å². The fourth-order valence-corrected chi connectivity index (χ4v) is 7.23. The van der Waals surface area contributed by atoms with Crippen LogP contribution in [0.1, 0.15) is 53.4 Å². The minimum absolute atomic E-state index is 0.274. The highest BCUT2D eigenvalue weighted by Crippen LogP contribution is 2.52. The first kappa shape index (κ1) is 15.9. The van der Waals surface area contributed by atoms with Crippen LogP contribution in [0.15, 0.2) is 46.1 Å². The fraction of sp³-hybridized carbons (Fsp3) is 0.571. The quantitative estimate of drug-likeness (QED) is 0.533. The molecule has 0 bridgehead atoms. The lowest BCUT2D eigenvalue weighted by Crippen LogP contribution is -2.31. The summed E-state index contributed by atoms with van der Waals surface area (Å²) < 4.78 is 0. The number of hydrogen-bond donors (Lipinski definition) is 0. The first-order valence-electron chi connectivity index (χ1n) is 8.79. The van der Waals surface area contributed by atoms with E-state index in [9.17, 15) is 0 Å². The van der Waals surface area contributed by atoms with Crippen molar-refractivity contribution in [3.8, 4) is 0 Å². The summed E-state index contributed by atoms with van der Waals surface area (Å²) in [6.07, 6.45) is 12.1. The Kier molecular flexibility index (Phi) is 4.05. The van der Waals surface area contributed by atoms with Crippen molar-refractivity contribution < 1.29 is 0 Å². The van der Waals surface area contributed by atoms with Crippen LogP contribution in [0.25, 0.3) is 0 Å². The van der Waals surface area contributed by atoms with Gasteiger partial charge < -0.3 is 0 Å². The Labute approximate surface area is 137 Å². The van der Waals surface area contributed by atoms with Crippen LogP contribution in [-0.4, -0.2) is 13.6 Å². The Balaban J connectivity index is 2.17. The number of rotatable bonds is 1. The summed E-state index contributed by atoms with van der Waals surface area (Å²) in [5, 5.41) is 1.86. The molecule has 3 rings (SSSR count). The molecule has 0 aromatic heterocycles. The number of hydrogen-bond acceptors (Lipinski definition) is 0. The maximum absolute atomic E-state index is 2.50. The van der Waals surface area contributed by atoms with E-state index in [0.29, 0.717) is 5.92 Å². The molecular weight excluding hydrogens is 280 g/mol. The fourth-order valence-electron chi connectivity index (χ4n) is 5.17. The molecule has 0 aliphatic heterocycles. The highest BCUT2D eigenvalue weighted by atomic mass is 28.2. The molecule has 3 aliphatic carbocycles. The largest absolute Gasteiger partial charge is 0.0804 e. The van der Waals surface area contributed by atoms with E-state index in [1.165, 1.54) is 19.3 Å². The van der Waals surface area contributed by atoms with Gasteiger partial charge in [-0.3, -0.25) is 0 Å².